The summed E-state index contributed by atoms with van der Waals surface area (Å²) in [6.45, 7) is 0.465. The van der Waals surface area contributed by atoms with Gasteiger partial charge in [0.25, 0.3) is 0 Å². The van der Waals surface area contributed by atoms with E-state index in [1.54, 1.807) is 0 Å². The lowest BCUT2D eigenvalue weighted by Crippen LogP contribution is -2.15. The van der Waals surface area contributed by atoms with E-state index in [2.05, 4.69) is 15.9 Å². The number of carbonyl (C=O) groups is 1. The Morgan fingerprint density at radius 1 is 1.05 bits per heavy atom. The van der Waals surface area contributed by atoms with Crippen molar-refractivity contribution in [2.24, 2.45) is 0 Å². The predicted molar refractivity (Wildman–Crippen MR) is 80.8 cm³/mol. The number of hydrogen-bond donors (Lipinski definition) is 0. The lowest BCUT2D eigenvalue weighted by atomic mass is 10.0. The average molecular weight is 325 g/mol. The van der Waals surface area contributed by atoms with E-state index in [1.165, 1.54) is 25.7 Å². The van der Waals surface area contributed by atoms with Crippen LogP contribution in [-0.4, -0.2) is 17.4 Å². The maximum atomic E-state index is 12.1. The second-order valence-corrected chi connectivity index (χ2v) is 6.45. The van der Waals surface area contributed by atoms with Crippen molar-refractivity contribution < 1.29 is 9.53 Å². The summed E-state index contributed by atoms with van der Waals surface area (Å²) in [6.07, 6.45) is 8.23. The van der Waals surface area contributed by atoms with Crippen LogP contribution in [0, 0.1) is 0 Å². The zero-order chi connectivity index (χ0) is 13.5. The van der Waals surface area contributed by atoms with Gasteiger partial charge < -0.3 is 4.74 Å². The number of alkyl halides is 1. The van der Waals surface area contributed by atoms with Crippen molar-refractivity contribution in [1.29, 1.82) is 0 Å². The second-order valence-electron chi connectivity index (χ2n) is 5.16. The Morgan fingerprint density at radius 3 is 2.68 bits per heavy atom. The number of aryl methyl sites for hydroxylation is 1. The highest BCUT2D eigenvalue weighted by molar-refractivity contribution is 9.09. The third kappa shape index (κ3) is 4.64. The minimum atomic E-state index is -0.181. The van der Waals surface area contributed by atoms with E-state index in [4.69, 9.17) is 4.74 Å². The van der Waals surface area contributed by atoms with Gasteiger partial charge in [-0.2, -0.15) is 0 Å². The largest absolute Gasteiger partial charge is 0.461 e. The quantitative estimate of drug-likeness (QED) is 0.518. The minimum absolute atomic E-state index is 0.181. The molecule has 1 aromatic rings. The molecular weight excluding hydrogens is 304 g/mol. The molecule has 0 amide bonds. The van der Waals surface area contributed by atoms with Crippen molar-refractivity contribution in [1.82, 2.24) is 0 Å². The average Bonchev–Trinajstić information content (AvgIpc) is 2.44. The molecule has 0 aromatic heterocycles. The van der Waals surface area contributed by atoms with Crippen LogP contribution in [0.25, 0.3) is 0 Å². The number of halogens is 1. The molecule has 1 unspecified atom stereocenters. The summed E-state index contributed by atoms with van der Waals surface area (Å²) in [5.74, 6) is -0.181. The van der Waals surface area contributed by atoms with Gasteiger partial charge in [0.2, 0.25) is 0 Å². The predicted octanol–water partition coefficient (Wildman–Crippen LogP) is 4.50. The van der Waals surface area contributed by atoms with E-state index < -0.39 is 0 Å². The zero-order valence-corrected chi connectivity index (χ0v) is 12.8. The highest BCUT2D eigenvalue weighted by Gasteiger charge is 2.14. The summed E-state index contributed by atoms with van der Waals surface area (Å²) in [7, 11) is 0. The molecule has 1 heterocycles. The molecule has 0 bridgehead atoms. The molecule has 0 spiro atoms. The van der Waals surface area contributed by atoms with Crippen LogP contribution >= 0.6 is 15.9 Å². The molecule has 0 saturated carbocycles. The number of cyclic esters (lactones) is 1. The molecule has 0 fully saturated rings. The first-order valence-electron chi connectivity index (χ1n) is 7.16. The first kappa shape index (κ1) is 14.6. The molecule has 2 rings (SSSR count). The van der Waals surface area contributed by atoms with E-state index in [9.17, 15) is 4.79 Å². The molecule has 0 N–H and O–H groups in total. The second kappa shape index (κ2) is 7.68. The molecule has 0 saturated heterocycles. The van der Waals surface area contributed by atoms with Gasteiger partial charge in [0, 0.05) is 4.83 Å². The number of benzene rings is 1. The third-order valence-electron chi connectivity index (χ3n) is 3.60. The molecule has 2 nitrogen and oxygen atoms in total. The van der Waals surface area contributed by atoms with Crippen LogP contribution in [0.4, 0.5) is 0 Å². The molecule has 1 aliphatic rings. The van der Waals surface area contributed by atoms with Crippen molar-refractivity contribution in [2.45, 2.75) is 49.8 Å². The van der Waals surface area contributed by atoms with Crippen molar-refractivity contribution in [3.8, 4) is 0 Å². The minimum Gasteiger partial charge on any atom is -0.461 e. The van der Waals surface area contributed by atoms with Gasteiger partial charge in [0.1, 0.15) is 6.61 Å². The molecule has 1 aliphatic heterocycles. The molecule has 0 aliphatic carbocycles. The van der Waals surface area contributed by atoms with E-state index in [1.807, 2.05) is 24.3 Å². The van der Waals surface area contributed by atoms with E-state index >= 15 is 0 Å². The summed E-state index contributed by atoms with van der Waals surface area (Å²) in [5.41, 5.74) is 1.86. The SMILES string of the molecule is O=C1OCC(Br)CCCCCCCc2ccccc21. The zero-order valence-electron chi connectivity index (χ0n) is 11.2. The molecule has 3 heteroatoms. The Labute approximate surface area is 123 Å². The summed E-state index contributed by atoms with van der Waals surface area (Å²) >= 11 is 3.59. The summed E-state index contributed by atoms with van der Waals surface area (Å²) in [6, 6.07) is 7.82. The number of esters is 1. The Hall–Kier alpha value is -0.830. The molecule has 1 atom stereocenters. The molecule has 0 radical (unpaired) electrons. The van der Waals surface area contributed by atoms with E-state index in [0.29, 0.717) is 6.61 Å². The smallest absolute Gasteiger partial charge is 0.338 e. The Bertz CT molecular complexity index is 417. The summed E-state index contributed by atoms with van der Waals surface area (Å²) in [5, 5.41) is 0. The van der Waals surface area contributed by atoms with Gasteiger partial charge in [-0.1, -0.05) is 59.8 Å². The first-order chi connectivity index (χ1) is 9.27. The van der Waals surface area contributed by atoms with Crippen LogP contribution in [0.3, 0.4) is 0 Å². The van der Waals surface area contributed by atoms with Gasteiger partial charge in [-0.05, 0) is 30.9 Å². The van der Waals surface area contributed by atoms with Gasteiger partial charge in [-0.15, -0.1) is 0 Å². The van der Waals surface area contributed by atoms with Crippen LogP contribution in [0.5, 0.6) is 0 Å². The highest BCUT2D eigenvalue weighted by Crippen LogP contribution is 2.18. The summed E-state index contributed by atoms with van der Waals surface area (Å²) < 4.78 is 5.41. The third-order valence-corrected chi connectivity index (χ3v) is 4.32. The number of rotatable bonds is 0. The Balaban J connectivity index is 2.10. The molecule has 104 valence electrons. The van der Waals surface area contributed by atoms with Gasteiger partial charge >= 0.3 is 5.97 Å². The standard InChI is InChI=1S/C16H21BrO2/c17-14-10-5-3-1-2-4-8-13-9-6-7-11-15(13)16(18)19-12-14/h6-7,9,11,14H,1-5,8,10,12H2. The fraction of sp³-hybridized carbons (Fsp3) is 0.562. The summed E-state index contributed by atoms with van der Waals surface area (Å²) in [4.78, 5) is 12.4. The van der Waals surface area contributed by atoms with Crippen molar-refractivity contribution in [3.63, 3.8) is 0 Å². The van der Waals surface area contributed by atoms with Crippen LogP contribution < -0.4 is 0 Å². The van der Waals surface area contributed by atoms with Crippen molar-refractivity contribution >= 4 is 21.9 Å². The van der Waals surface area contributed by atoms with Gasteiger partial charge in [0.15, 0.2) is 0 Å². The monoisotopic (exact) mass is 324 g/mol. The molecule has 19 heavy (non-hydrogen) atoms. The van der Waals surface area contributed by atoms with E-state index in [-0.39, 0.29) is 10.8 Å². The number of carbonyl (C=O) groups excluding carboxylic acids is 1. The first-order valence-corrected chi connectivity index (χ1v) is 8.08. The lowest BCUT2D eigenvalue weighted by Gasteiger charge is -2.11. The lowest BCUT2D eigenvalue weighted by molar-refractivity contribution is 0.0504. The number of ether oxygens (including phenoxy) is 1. The van der Waals surface area contributed by atoms with Crippen LogP contribution in [0.15, 0.2) is 24.3 Å². The highest BCUT2D eigenvalue weighted by atomic mass is 79.9. The van der Waals surface area contributed by atoms with Gasteiger partial charge in [-0.25, -0.2) is 4.79 Å². The number of fused-ring (bicyclic) bond motifs is 1. The fourth-order valence-electron chi connectivity index (χ4n) is 2.48. The number of hydrogen-bond acceptors (Lipinski definition) is 2. The molecular formula is C16H21BrO2. The topological polar surface area (TPSA) is 26.3 Å². The van der Waals surface area contributed by atoms with Crippen molar-refractivity contribution in [3.05, 3.63) is 35.4 Å². The Kier molecular flexibility index (Phi) is 5.90. The maximum Gasteiger partial charge on any atom is 0.338 e. The maximum absolute atomic E-state index is 12.1. The van der Waals surface area contributed by atoms with E-state index in [0.717, 1.165) is 30.4 Å². The van der Waals surface area contributed by atoms with Crippen molar-refractivity contribution in [2.75, 3.05) is 6.61 Å². The van der Waals surface area contributed by atoms with Gasteiger partial charge in [0.05, 0.1) is 5.56 Å². The van der Waals surface area contributed by atoms with Crippen LogP contribution in [-0.2, 0) is 11.2 Å². The molecule has 1 aromatic carbocycles. The van der Waals surface area contributed by atoms with Gasteiger partial charge in [-0.3, -0.25) is 0 Å². The van der Waals surface area contributed by atoms with Crippen LogP contribution in [0.2, 0.25) is 0 Å². The normalized spacial score (nSPS) is 22.4. The Morgan fingerprint density at radius 2 is 1.79 bits per heavy atom. The van der Waals surface area contributed by atoms with Crippen LogP contribution in [0.1, 0.15) is 54.4 Å². The fourth-order valence-corrected chi connectivity index (χ4v) is 2.93.